The van der Waals surface area contributed by atoms with Gasteiger partial charge in [0, 0.05) is 5.54 Å². The molecule has 0 fully saturated rings. The van der Waals surface area contributed by atoms with E-state index in [1.807, 2.05) is 0 Å². The highest BCUT2D eigenvalue weighted by Gasteiger charge is 2.20. The summed E-state index contributed by atoms with van der Waals surface area (Å²) in [6.45, 7) is 9.02. The van der Waals surface area contributed by atoms with Gasteiger partial charge in [0.15, 0.2) is 0 Å². The van der Waals surface area contributed by atoms with E-state index in [0.717, 1.165) is 0 Å². The third kappa shape index (κ3) is 2.97. The molecule has 0 aliphatic rings. The van der Waals surface area contributed by atoms with Crippen LogP contribution in [-0.2, 0) is 5.54 Å². The Labute approximate surface area is 82.9 Å². The monoisotopic (exact) mass is 192 g/mol. The summed E-state index contributed by atoms with van der Waals surface area (Å²) in [6, 6.07) is 10.6. The van der Waals surface area contributed by atoms with E-state index in [-0.39, 0.29) is 14.5 Å². The van der Waals surface area contributed by atoms with Crippen molar-refractivity contribution in [2.75, 3.05) is 0 Å². The van der Waals surface area contributed by atoms with Gasteiger partial charge in [-0.25, -0.2) is 0 Å². The summed E-state index contributed by atoms with van der Waals surface area (Å²) < 4.78 is 0. The molecular formula is C11H18NSi. The van der Waals surface area contributed by atoms with E-state index in [1.165, 1.54) is 5.56 Å². The SMILES string of the molecule is C[Si](C)NC(C)(C)c1ccccc1. The Balaban J connectivity index is 2.81. The van der Waals surface area contributed by atoms with Crippen LogP contribution in [0.3, 0.4) is 0 Å². The van der Waals surface area contributed by atoms with E-state index in [2.05, 4.69) is 62.3 Å². The fourth-order valence-electron chi connectivity index (χ4n) is 1.55. The highest BCUT2D eigenvalue weighted by molar-refractivity contribution is 6.53. The first kappa shape index (κ1) is 10.5. The molecule has 0 atom stereocenters. The van der Waals surface area contributed by atoms with Gasteiger partial charge < -0.3 is 4.98 Å². The van der Waals surface area contributed by atoms with Crippen molar-refractivity contribution in [1.29, 1.82) is 0 Å². The molecular weight excluding hydrogens is 174 g/mol. The van der Waals surface area contributed by atoms with Crippen molar-refractivity contribution in [3.63, 3.8) is 0 Å². The van der Waals surface area contributed by atoms with E-state index >= 15 is 0 Å². The predicted molar refractivity (Wildman–Crippen MR) is 60.1 cm³/mol. The van der Waals surface area contributed by atoms with Gasteiger partial charge in [-0.3, -0.25) is 0 Å². The van der Waals surface area contributed by atoms with Crippen molar-refractivity contribution in [1.82, 2.24) is 4.98 Å². The molecule has 2 heteroatoms. The largest absolute Gasteiger partial charge is 0.330 e. The molecule has 1 rings (SSSR count). The lowest BCUT2D eigenvalue weighted by molar-refractivity contribution is 0.494. The average molecular weight is 192 g/mol. The quantitative estimate of drug-likeness (QED) is 0.726. The van der Waals surface area contributed by atoms with Gasteiger partial charge in [0.05, 0.1) is 0 Å². The maximum atomic E-state index is 3.64. The van der Waals surface area contributed by atoms with Gasteiger partial charge in [-0.15, -0.1) is 0 Å². The van der Waals surface area contributed by atoms with Crippen molar-refractivity contribution < 1.29 is 0 Å². The molecule has 0 aliphatic heterocycles. The molecule has 1 radical (unpaired) electrons. The van der Waals surface area contributed by atoms with Crippen LogP contribution in [0.4, 0.5) is 0 Å². The van der Waals surface area contributed by atoms with E-state index in [0.29, 0.717) is 0 Å². The Kier molecular flexibility index (Phi) is 3.28. The van der Waals surface area contributed by atoms with Gasteiger partial charge in [0.2, 0.25) is 0 Å². The molecule has 1 aromatic rings. The number of hydrogen-bond acceptors (Lipinski definition) is 1. The van der Waals surface area contributed by atoms with Crippen LogP contribution in [0, 0.1) is 0 Å². The maximum Gasteiger partial charge on any atom is 0.127 e. The van der Waals surface area contributed by atoms with Crippen LogP contribution in [-0.4, -0.2) is 8.96 Å². The second-order valence-electron chi connectivity index (χ2n) is 4.12. The third-order valence-corrected chi connectivity index (χ3v) is 3.18. The Morgan fingerprint density at radius 1 is 1.08 bits per heavy atom. The molecule has 0 amide bonds. The average Bonchev–Trinajstić information content (AvgIpc) is 2.04. The van der Waals surface area contributed by atoms with Crippen LogP contribution in [0.2, 0.25) is 13.1 Å². The van der Waals surface area contributed by atoms with Crippen molar-refractivity contribution in [2.24, 2.45) is 0 Å². The zero-order chi connectivity index (χ0) is 9.90. The first-order valence-corrected chi connectivity index (χ1v) is 7.16. The van der Waals surface area contributed by atoms with Crippen molar-refractivity contribution in [3.05, 3.63) is 35.9 Å². The zero-order valence-electron chi connectivity index (χ0n) is 8.89. The Morgan fingerprint density at radius 2 is 1.62 bits per heavy atom. The minimum absolute atomic E-state index is 0.110. The number of rotatable bonds is 3. The Hall–Kier alpha value is -0.603. The lowest BCUT2D eigenvalue weighted by Crippen LogP contribution is -2.43. The summed E-state index contributed by atoms with van der Waals surface area (Å²) in [7, 11) is -0.389. The van der Waals surface area contributed by atoms with Gasteiger partial charge in [-0.05, 0) is 19.4 Å². The second-order valence-corrected chi connectivity index (χ2v) is 6.37. The van der Waals surface area contributed by atoms with E-state index in [1.54, 1.807) is 0 Å². The van der Waals surface area contributed by atoms with E-state index in [9.17, 15) is 0 Å². The summed E-state index contributed by atoms with van der Waals surface area (Å²) in [4.78, 5) is 3.64. The van der Waals surface area contributed by atoms with Crippen LogP contribution in [0.25, 0.3) is 0 Å². The summed E-state index contributed by atoms with van der Waals surface area (Å²) in [5.41, 5.74) is 1.47. The minimum atomic E-state index is -0.389. The smallest absolute Gasteiger partial charge is 0.127 e. The summed E-state index contributed by atoms with van der Waals surface area (Å²) in [6.07, 6.45) is 0. The van der Waals surface area contributed by atoms with Crippen molar-refractivity contribution >= 4 is 8.96 Å². The van der Waals surface area contributed by atoms with Crippen molar-refractivity contribution in [3.8, 4) is 0 Å². The van der Waals surface area contributed by atoms with Gasteiger partial charge >= 0.3 is 0 Å². The first-order valence-electron chi connectivity index (χ1n) is 4.66. The van der Waals surface area contributed by atoms with Crippen LogP contribution in [0.1, 0.15) is 19.4 Å². The molecule has 1 N–H and O–H groups in total. The molecule has 71 valence electrons. The van der Waals surface area contributed by atoms with Gasteiger partial charge in [0.25, 0.3) is 0 Å². The summed E-state index contributed by atoms with van der Waals surface area (Å²) in [5, 5.41) is 0. The van der Waals surface area contributed by atoms with E-state index < -0.39 is 0 Å². The third-order valence-electron chi connectivity index (χ3n) is 2.06. The molecule has 13 heavy (non-hydrogen) atoms. The molecule has 1 aromatic carbocycles. The van der Waals surface area contributed by atoms with Gasteiger partial charge in [-0.1, -0.05) is 43.4 Å². The van der Waals surface area contributed by atoms with Crippen molar-refractivity contribution in [2.45, 2.75) is 32.5 Å². The number of benzene rings is 1. The van der Waals surface area contributed by atoms with Crippen LogP contribution in [0.15, 0.2) is 30.3 Å². The predicted octanol–water partition coefficient (Wildman–Crippen LogP) is 2.76. The normalized spacial score (nSPS) is 12.1. The fourth-order valence-corrected chi connectivity index (χ4v) is 2.95. The molecule has 1 nitrogen and oxygen atoms in total. The molecule has 0 bridgehead atoms. The molecule has 0 spiro atoms. The minimum Gasteiger partial charge on any atom is -0.330 e. The number of hydrogen-bond donors (Lipinski definition) is 1. The standard InChI is InChI=1S/C11H18NSi/c1-11(2,12-13(3)4)10-8-6-5-7-9-10/h5-9,12H,1-4H3. The number of nitrogens with one attached hydrogen (secondary N) is 1. The molecule has 0 saturated heterocycles. The molecule has 0 unspecified atom stereocenters. The molecule has 0 saturated carbocycles. The zero-order valence-corrected chi connectivity index (χ0v) is 9.89. The van der Waals surface area contributed by atoms with Gasteiger partial charge in [0.1, 0.15) is 8.96 Å². The van der Waals surface area contributed by atoms with Crippen LogP contribution >= 0.6 is 0 Å². The Morgan fingerprint density at radius 3 is 2.08 bits per heavy atom. The maximum absolute atomic E-state index is 3.64. The highest BCUT2D eigenvalue weighted by Crippen LogP contribution is 2.19. The summed E-state index contributed by atoms with van der Waals surface area (Å²) in [5.74, 6) is 0. The first-order chi connectivity index (χ1) is 6.02. The van der Waals surface area contributed by atoms with E-state index in [4.69, 9.17) is 0 Å². The topological polar surface area (TPSA) is 12.0 Å². The lowest BCUT2D eigenvalue weighted by Gasteiger charge is -2.29. The molecule has 0 aliphatic carbocycles. The molecule has 0 aromatic heterocycles. The summed E-state index contributed by atoms with van der Waals surface area (Å²) >= 11 is 0. The van der Waals surface area contributed by atoms with Gasteiger partial charge in [-0.2, -0.15) is 0 Å². The second kappa shape index (κ2) is 4.07. The molecule has 0 heterocycles. The Bertz CT molecular complexity index is 254. The lowest BCUT2D eigenvalue weighted by atomic mass is 9.96. The fraction of sp³-hybridized carbons (Fsp3) is 0.455. The van der Waals surface area contributed by atoms with Crippen LogP contribution < -0.4 is 4.98 Å². The highest BCUT2D eigenvalue weighted by atomic mass is 28.3. The van der Waals surface area contributed by atoms with Crippen LogP contribution in [0.5, 0.6) is 0 Å².